The normalized spacial score (nSPS) is 11.1. The van der Waals surface area contributed by atoms with Gasteiger partial charge in [0, 0.05) is 11.1 Å². The van der Waals surface area contributed by atoms with Crippen LogP contribution >= 0.6 is 11.8 Å². The highest BCUT2D eigenvalue weighted by molar-refractivity contribution is 7.99. The summed E-state index contributed by atoms with van der Waals surface area (Å²) in [5, 5.41) is 13.0. The molecule has 0 bridgehead atoms. The monoisotopic (exact) mass is 302 g/mol. The number of hydrogen-bond donors (Lipinski definition) is 2. The number of H-pyrrole nitrogens is 1. The van der Waals surface area contributed by atoms with Crippen molar-refractivity contribution in [1.29, 1.82) is 0 Å². The van der Waals surface area contributed by atoms with E-state index in [1.54, 1.807) is 11.8 Å². The molecular formula is C14H14N4O2S. The number of carboxylic acids is 1. The average molecular weight is 302 g/mol. The van der Waals surface area contributed by atoms with E-state index in [1.807, 2.05) is 12.1 Å². The molecule has 0 aliphatic rings. The fraction of sp³-hybridized carbons (Fsp3) is 0.214. The van der Waals surface area contributed by atoms with E-state index < -0.39 is 5.97 Å². The van der Waals surface area contributed by atoms with Gasteiger partial charge in [0.2, 0.25) is 5.95 Å². The number of carboxylic acid groups (broad SMARTS) is 1. The molecule has 0 radical (unpaired) electrons. The first-order valence-electron chi connectivity index (χ1n) is 6.50. The number of nitrogens with one attached hydrogen (secondary N) is 1. The summed E-state index contributed by atoms with van der Waals surface area (Å²) in [4.78, 5) is 19.7. The predicted octanol–water partition coefficient (Wildman–Crippen LogP) is 2.87. The molecule has 0 saturated carbocycles. The number of hydrogen-bond acceptors (Lipinski definition) is 4. The Morgan fingerprint density at radius 3 is 2.95 bits per heavy atom. The average Bonchev–Trinajstić information content (AvgIpc) is 3.05. The van der Waals surface area contributed by atoms with Gasteiger partial charge in [-0.25, -0.2) is 14.5 Å². The summed E-state index contributed by atoms with van der Waals surface area (Å²) >= 11 is 1.78. The Hall–Kier alpha value is -2.28. The lowest BCUT2D eigenvalue weighted by Gasteiger charge is -2.02. The maximum absolute atomic E-state index is 10.9. The summed E-state index contributed by atoms with van der Waals surface area (Å²) in [5.41, 5.74) is 3.08. The molecule has 0 aliphatic heterocycles. The number of aromatic nitrogens is 4. The third-order valence-corrected chi connectivity index (χ3v) is 4.15. The van der Waals surface area contributed by atoms with Crippen LogP contribution in [0.2, 0.25) is 0 Å². The lowest BCUT2D eigenvalue weighted by atomic mass is 10.2. The van der Waals surface area contributed by atoms with Crippen LogP contribution in [-0.4, -0.2) is 36.6 Å². The van der Waals surface area contributed by atoms with Crippen molar-refractivity contribution in [1.82, 2.24) is 19.7 Å². The Balaban J connectivity index is 2.05. The minimum absolute atomic E-state index is 0.133. The Morgan fingerprint density at radius 1 is 1.48 bits per heavy atom. The van der Waals surface area contributed by atoms with Gasteiger partial charge in [-0.2, -0.15) is 5.10 Å². The largest absolute Gasteiger partial charge is 0.478 e. The summed E-state index contributed by atoms with van der Waals surface area (Å²) in [5.74, 6) is 0.510. The summed E-state index contributed by atoms with van der Waals surface area (Å²) in [6.07, 6.45) is 2.74. The molecule has 0 aliphatic carbocycles. The van der Waals surface area contributed by atoms with Crippen molar-refractivity contribution >= 4 is 28.8 Å². The van der Waals surface area contributed by atoms with Crippen LogP contribution in [0.25, 0.3) is 17.0 Å². The van der Waals surface area contributed by atoms with Gasteiger partial charge in [0.25, 0.3) is 0 Å². The molecule has 0 unspecified atom stereocenters. The molecular weight excluding hydrogens is 288 g/mol. The highest BCUT2D eigenvalue weighted by atomic mass is 32.2. The van der Waals surface area contributed by atoms with Gasteiger partial charge in [0.05, 0.1) is 22.8 Å². The molecule has 2 heterocycles. The molecule has 6 nitrogen and oxygen atoms in total. The Labute approximate surface area is 125 Å². The maximum atomic E-state index is 10.9. The van der Waals surface area contributed by atoms with E-state index >= 15 is 0 Å². The van der Waals surface area contributed by atoms with Crippen LogP contribution in [0, 0.1) is 6.92 Å². The molecule has 0 atom stereocenters. The third-order valence-electron chi connectivity index (χ3n) is 3.11. The first-order chi connectivity index (χ1) is 10.1. The molecule has 21 heavy (non-hydrogen) atoms. The summed E-state index contributed by atoms with van der Waals surface area (Å²) < 4.78 is 1.44. The number of thioether (sulfide) groups is 1. The Morgan fingerprint density at radius 2 is 2.29 bits per heavy atom. The minimum Gasteiger partial charge on any atom is -0.478 e. The van der Waals surface area contributed by atoms with Crippen molar-refractivity contribution in [2.24, 2.45) is 0 Å². The Kier molecular flexibility index (Phi) is 3.42. The van der Waals surface area contributed by atoms with Crippen LogP contribution in [0.1, 0.15) is 22.8 Å². The van der Waals surface area contributed by atoms with Crippen LogP contribution < -0.4 is 0 Å². The van der Waals surface area contributed by atoms with Gasteiger partial charge < -0.3 is 10.1 Å². The van der Waals surface area contributed by atoms with E-state index in [-0.39, 0.29) is 5.56 Å². The topological polar surface area (TPSA) is 83.8 Å². The van der Waals surface area contributed by atoms with Crippen molar-refractivity contribution in [2.75, 3.05) is 5.75 Å². The van der Waals surface area contributed by atoms with Crippen molar-refractivity contribution in [2.45, 2.75) is 18.7 Å². The highest BCUT2D eigenvalue weighted by Crippen LogP contribution is 2.27. The standard InChI is InChI=1S/C14H14N4O2S/c1-3-21-12-5-11-10(4-8(12)2)16-14(17-11)18-7-9(6-15-18)13(19)20/h4-7H,3H2,1-2H3,(H,16,17)(H,19,20). The van der Waals surface area contributed by atoms with Crippen molar-refractivity contribution in [3.63, 3.8) is 0 Å². The number of fused-ring (bicyclic) bond motifs is 1. The number of aromatic amines is 1. The van der Waals surface area contributed by atoms with Crippen LogP contribution in [0.15, 0.2) is 29.4 Å². The number of carbonyl (C=O) groups is 1. The van der Waals surface area contributed by atoms with Gasteiger partial charge in [-0.3, -0.25) is 0 Å². The lowest BCUT2D eigenvalue weighted by Crippen LogP contribution is -1.97. The lowest BCUT2D eigenvalue weighted by molar-refractivity contribution is 0.0697. The number of aromatic carboxylic acids is 1. The van der Waals surface area contributed by atoms with Crippen LogP contribution in [0.3, 0.4) is 0 Å². The van der Waals surface area contributed by atoms with E-state index in [0.717, 1.165) is 16.8 Å². The van der Waals surface area contributed by atoms with Gasteiger partial charge in [0.15, 0.2) is 0 Å². The number of imidazole rings is 1. The van der Waals surface area contributed by atoms with Crippen LogP contribution in [-0.2, 0) is 0 Å². The third kappa shape index (κ3) is 2.52. The molecule has 0 saturated heterocycles. The quantitative estimate of drug-likeness (QED) is 0.724. The fourth-order valence-corrected chi connectivity index (χ4v) is 2.89. The predicted molar refractivity (Wildman–Crippen MR) is 81.3 cm³/mol. The van der Waals surface area contributed by atoms with Crippen molar-refractivity contribution in [3.05, 3.63) is 35.7 Å². The molecule has 0 fully saturated rings. The second-order valence-electron chi connectivity index (χ2n) is 4.61. The zero-order valence-electron chi connectivity index (χ0n) is 11.6. The molecule has 3 aromatic rings. The van der Waals surface area contributed by atoms with Crippen LogP contribution in [0.5, 0.6) is 0 Å². The minimum atomic E-state index is -1.00. The van der Waals surface area contributed by atoms with Crippen LogP contribution in [0.4, 0.5) is 0 Å². The smallest absolute Gasteiger partial charge is 0.338 e. The first-order valence-corrected chi connectivity index (χ1v) is 7.48. The van der Waals surface area contributed by atoms with E-state index in [0.29, 0.717) is 5.95 Å². The van der Waals surface area contributed by atoms with Gasteiger partial charge in [-0.15, -0.1) is 11.8 Å². The molecule has 1 aromatic carbocycles. The summed E-state index contributed by atoms with van der Waals surface area (Å²) in [6, 6.07) is 4.09. The molecule has 0 spiro atoms. The second kappa shape index (κ2) is 5.25. The molecule has 3 rings (SSSR count). The van der Waals surface area contributed by atoms with Gasteiger partial charge >= 0.3 is 5.97 Å². The zero-order valence-corrected chi connectivity index (χ0v) is 12.4. The second-order valence-corrected chi connectivity index (χ2v) is 5.91. The van der Waals surface area contributed by atoms with E-state index in [9.17, 15) is 4.79 Å². The maximum Gasteiger partial charge on any atom is 0.338 e. The van der Waals surface area contributed by atoms with Gasteiger partial charge in [-0.1, -0.05) is 6.92 Å². The zero-order chi connectivity index (χ0) is 15.0. The molecule has 108 valence electrons. The Bertz CT molecular complexity index is 822. The highest BCUT2D eigenvalue weighted by Gasteiger charge is 2.11. The first kappa shape index (κ1) is 13.7. The number of nitrogens with zero attached hydrogens (tertiary/aromatic N) is 3. The number of rotatable bonds is 4. The molecule has 7 heteroatoms. The van der Waals surface area contributed by atoms with Gasteiger partial charge in [-0.05, 0) is 30.4 Å². The fourth-order valence-electron chi connectivity index (χ4n) is 2.10. The molecule has 2 aromatic heterocycles. The van der Waals surface area contributed by atoms with E-state index in [1.165, 1.54) is 27.5 Å². The van der Waals surface area contributed by atoms with Crippen molar-refractivity contribution < 1.29 is 9.90 Å². The van der Waals surface area contributed by atoms with E-state index in [2.05, 4.69) is 28.9 Å². The number of aryl methyl sites for hydroxylation is 1. The summed E-state index contributed by atoms with van der Waals surface area (Å²) in [6.45, 7) is 4.18. The summed E-state index contributed by atoms with van der Waals surface area (Å²) in [7, 11) is 0. The van der Waals surface area contributed by atoms with Gasteiger partial charge in [0.1, 0.15) is 0 Å². The van der Waals surface area contributed by atoms with E-state index in [4.69, 9.17) is 5.11 Å². The number of benzene rings is 1. The molecule has 0 amide bonds. The SMILES string of the molecule is CCSc1cc2nc(-n3cc(C(=O)O)cn3)[nH]c2cc1C. The molecule has 2 N–H and O–H groups in total. The van der Waals surface area contributed by atoms with Crippen molar-refractivity contribution in [3.8, 4) is 5.95 Å².